The van der Waals surface area contributed by atoms with Crippen LogP contribution in [0.25, 0.3) is 0 Å². The van der Waals surface area contributed by atoms with Crippen molar-refractivity contribution in [1.82, 2.24) is 14.5 Å². The molecule has 31 heavy (non-hydrogen) atoms. The Kier molecular flexibility index (Phi) is 9.35. The Labute approximate surface area is 194 Å². The van der Waals surface area contributed by atoms with E-state index in [9.17, 15) is 13.2 Å². The Morgan fingerprint density at radius 2 is 1.84 bits per heavy atom. The van der Waals surface area contributed by atoms with Crippen LogP contribution < -0.4 is 4.72 Å². The zero-order chi connectivity index (χ0) is 23.0. The van der Waals surface area contributed by atoms with Gasteiger partial charge in [-0.15, -0.1) is 6.42 Å². The first-order chi connectivity index (χ1) is 14.6. The summed E-state index contributed by atoms with van der Waals surface area (Å²) in [5, 5.41) is 0.848. The Hall–Kier alpha value is -2.08. The van der Waals surface area contributed by atoms with Gasteiger partial charge in [-0.05, 0) is 63.0 Å². The van der Waals surface area contributed by atoms with Crippen molar-refractivity contribution in [3.05, 3.63) is 63.6 Å². The van der Waals surface area contributed by atoms with E-state index in [-0.39, 0.29) is 22.9 Å². The van der Waals surface area contributed by atoms with Crippen LogP contribution in [0.3, 0.4) is 0 Å². The van der Waals surface area contributed by atoms with E-state index in [1.165, 1.54) is 18.2 Å². The Balaban J connectivity index is 2.30. The molecular weight excluding hydrogens is 457 g/mol. The molecular formula is C22H25Cl2N3O3S. The molecule has 1 amide bonds. The van der Waals surface area contributed by atoms with Gasteiger partial charge < -0.3 is 9.80 Å². The van der Waals surface area contributed by atoms with Gasteiger partial charge in [-0.25, -0.2) is 8.42 Å². The van der Waals surface area contributed by atoms with Crippen LogP contribution in [0.4, 0.5) is 0 Å². The number of nitrogens with zero attached hydrogens (tertiary/aromatic N) is 2. The van der Waals surface area contributed by atoms with E-state index in [4.69, 9.17) is 29.6 Å². The van der Waals surface area contributed by atoms with Crippen molar-refractivity contribution in [2.45, 2.75) is 17.9 Å². The molecule has 0 unspecified atom stereocenters. The van der Waals surface area contributed by atoms with Crippen molar-refractivity contribution in [3.8, 4) is 12.3 Å². The van der Waals surface area contributed by atoms with Crippen molar-refractivity contribution in [3.63, 3.8) is 0 Å². The van der Waals surface area contributed by atoms with Gasteiger partial charge in [0.15, 0.2) is 0 Å². The second-order valence-corrected chi connectivity index (χ2v) is 9.77. The second kappa shape index (κ2) is 11.5. The highest BCUT2D eigenvalue weighted by molar-refractivity contribution is 7.89. The molecule has 0 saturated heterocycles. The molecule has 0 aliphatic rings. The lowest BCUT2D eigenvalue weighted by atomic mass is 10.1. The van der Waals surface area contributed by atoms with E-state index in [0.717, 1.165) is 18.5 Å². The maximum absolute atomic E-state index is 13.3. The Morgan fingerprint density at radius 3 is 2.48 bits per heavy atom. The van der Waals surface area contributed by atoms with Gasteiger partial charge in [0.25, 0.3) is 5.91 Å². The normalized spacial score (nSPS) is 11.4. The lowest BCUT2D eigenvalue weighted by Gasteiger charge is -2.24. The number of carbonyl (C=O) groups excluding carboxylic acids is 1. The van der Waals surface area contributed by atoms with Crippen LogP contribution in [0.1, 0.15) is 22.3 Å². The standard InChI is InChI=1S/C22H25Cl2N3O3S/c1-4-11-25-31(29,30)19-8-5-7-18(15-19)22(28)27(13-6-12-26(2)3)16-17-9-10-20(23)21(24)14-17/h1,5,7-10,14-15,25H,6,11-13,16H2,2-3H3. The van der Waals surface area contributed by atoms with Crippen LogP contribution >= 0.6 is 23.2 Å². The molecule has 0 saturated carbocycles. The van der Waals surface area contributed by atoms with Crippen molar-refractivity contribution in [1.29, 1.82) is 0 Å². The summed E-state index contributed by atoms with van der Waals surface area (Å²) in [6.07, 6.45) is 5.89. The van der Waals surface area contributed by atoms with Crippen molar-refractivity contribution >= 4 is 39.1 Å². The average molecular weight is 482 g/mol. The molecule has 0 aromatic heterocycles. The van der Waals surface area contributed by atoms with Gasteiger partial charge in [-0.1, -0.05) is 41.3 Å². The first kappa shape index (κ1) is 25.2. The Bertz CT molecular complexity index is 1070. The van der Waals surface area contributed by atoms with Crippen LogP contribution in [-0.4, -0.2) is 57.9 Å². The van der Waals surface area contributed by atoms with Gasteiger partial charge in [0.1, 0.15) is 0 Å². The first-order valence-electron chi connectivity index (χ1n) is 9.55. The minimum absolute atomic E-state index is 0.0172. The van der Waals surface area contributed by atoms with Crippen LogP contribution in [-0.2, 0) is 16.6 Å². The largest absolute Gasteiger partial charge is 0.334 e. The lowest BCUT2D eigenvalue weighted by Crippen LogP contribution is -2.33. The summed E-state index contributed by atoms with van der Waals surface area (Å²) in [7, 11) is 0.118. The number of nitrogens with one attached hydrogen (secondary N) is 1. The Morgan fingerprint density at radius 1 is 1.10 bits per heavy atom. The number of benzene rings is 2. The third-order valence-corrected chi connectivity index (χ3v) is 6.57. The molecule has 0 aliphatic heterocycles. The summed E-state index contributed by atoms with van der Waals surface area (Å²) < 4.78 is 27.1. The van der Waals surface area contributed by atoms with E-state index in [2.05, 4.69) is 10.6 Å². The highest BCUT2D eigenvalue weighted by Crippen LogP contribution is 2.24. The highest BCUT2D eigenvalue weighted by atomic mass is 35.5. The summed E-state index contributed by atoms with van der Waals surface area (Å²) >= 11 is 12.1. The third-order valence-electron chi connectivity index (χ3n) is 4.43. The van der Waals surface area contributed by atoms with Gasteiger partial charge in [0, 0.05) is 18.7 Å². The minimum atomic E-state index is -3.80. The smallest absolute Gasteiger partial charge is 0.254 e. The number of halogens is 2. The fourth-order valence-electron chi connectivity index (χ4n) is 2.89. The predicted octanol–water partition coefficient (Wildman–Crippen LogP) is 3.50. The molecule has 2 rings (SSSR count). The summed E-state index contributed by atoms with van der Waals surface area (Å²) in [6, 6.07) is 11.1. The summed E-state index contributed by atoms with van der Waals surface area (Å²) in [5.41, 5.74) is 1.10. The molecule has 2 aromatic rings. The fourth-order valence-corrected chi connectivity index (χ4v) is 4.19. The minimum Gasteiger partial charge on any atom is -0.334 e. The van der Waals surface area contributed by atoms with Gasteiger partial charge in [0.2, 0.25) is 10.0 Å². The van der Waals surface area contributed by atoms with E-state index in [1.807, 2.05) is 25.1 Å². The van der Waals surface area contributed by atoms with Crippen molar-refractivity contribution < 1.29 is 13.2 Å². The topological polar surface area (TPSA) is 69.7 Å². The number of rotatable bonds is 10. The van der Waals surface area contributed by atoms with Crippen molar-refractivity contribution in [2.24, 2.45) is 0 Å². The lowest BCUT2D eigenvalue weighted by molar-refractivity contribution is 0.0737. The molecule has 0 spiro atoms. The number of sulfonamides is 1. The summed E-state index contributed by atoms with van der Waals surface area (Å²) in [4.78, 5) is 17.0. The van der Waals surface area contributed by atoms with Crippen LogP contribution in [0.2, 0.25) is 10.0 Å². The molecule has 0 atom stereocenters. The third kappa shape index (κ3) is 7.53. The van der Waals surface area contributed by atoms with Gasteiger partial charge >= 0.3 is 0 Å². The predicted molar refractivity (Wildman–Crippen MR) is 125 cm³/mol. The summed E-state index contributed by atoms with van der Waals surface area (Å²) in [5.74, 6) is 1.95. The van der Waals surface area contributed by atoms with Crippen LogP contribution in [0.15, 0.2) is 47.4 Å². The number of amides is 1. The molecule has 9 heteroatoms. The van der Waals surface area contributed by atoms with E-state index >= 15 is 0 Å². The van der Waals surface area contributed by atoms with Crippen LogP contribution in [0, 0.1) is 12.3 Å². The number of hydrogen-bond acceptors (Lipinski definition) is 4. The fraction of sp³-hybridized carbons (Fsp3) is 0.318. The first-order valence-corrected chi connectivity index (χ1v) is 11.8. The van der Waals surface area contributed by atoms with E-state index in [1.54, 1.807) is 23.1 Å². The monoisotopic (exact) mass is 481 g/mol. The number of hydrogen-bond donors (Lipinski definition) is 1. The van der Waals surface area contributed by atoms with E-state index < -0.39 is 10.0 Å². The van der Waals surface area contributed by atoms with E-state index in [0.29, 0.717) is 23.1 Å². The molecule has 0 fully saturated rings. The molecule has 0 aliphatic carbocycles. The molecule has 0 heterocycles. The second-order valence-electron chi connectivity index (χ2n) is 7.19. The molecule has 166 valence electrons. The molecule has 0 radical (unpaired) electrons. The SMILES string of the molecule is C#CCNS(=O)(=O)c1cccc(C(=O)N(CCCN(C)C)Cc2ccc(Cl)c(Cl)c2)c1. The number of carbonyl (C=O) groups is 1. The average Bonchev–Trinajstić information content (AvgIpc) is 2.73. The van der Waals surface area contributed by atoms with Crippen molar-refractivity contribution in [2.75, 3.05) is 33.7 Å². The number of terminal acetylenes is 1. The summed E-state index contributed by atoms with van der Waals surface area (Å²) in [6.45, 7) is 1.48. The van der Waals surface area contributed by atoms with Crippen LogP contribution in [0.5, 0.6) is 0 Å². The zero-order valence-electron chi connectivity index (χ0n) is 17.4. The highest BCUT2D eigenvalue weighted by Gasteiger charge is 2.20. The van der Waals surface area contributed by atoms with Gasteiger partial charge in [0.05, 0.1) is 21.5 Å². The quantitative estimate of drug-likeness (QED) is 0.527. The van der Waals surface area contributed by atoms with Gasteiger partial charge in [-0.2, -0.15) is 4.72 Å². The molecule has 1 N–H and O–H groups in total. The molecule has 2 aromatic carbocycles. The zero-order valence-corrected chi connectivity index (χ0v) is 19.8. The molecule has 0 bridgehead atoms. The maximum Gasteiger partial charge on any atom is 0.254 e. The maximum atomic E-state index is 13.3. The van der Waals surface area contributed by atoms with Gasteiger partial charge in [-0.3, -0.25) is 4.79 Å². The molecule has 6 nitrogen and oxygen atoms in total.